The van der Waals surface area contributed by atoms with E-state index in [4.69, 9.17) is 16.0 Å². The van der Waals surface area contributed by atoms with Crippen LogP contribution in [-0.2, 0) is 0 Å². The van der Waals surface area contributed by atoms with E-state index in [-0.39, 0.29) is 0 Å². The number of benzene rings is 2. The van der Waals surface area contributed by atoms with Crippen LogP contribution >= 0.6 is 11.6 Å². The van der Waals surface area contributed by atoms with E-state index in [1.165, 1.54) is 0 Å². The molecule has 27 heavy (non-hydrogen) atoms. The van der Waals surface area contributed by atoms with Crippen molar-refractivity contribution in [1.82, 2.24) is 0 Å². The van der Waals surface area contributed by atoms with Gasteiger partial charge in [0.2, 0.25) is 5.36 Å². The van der Waals surface area contributed by atoms with E-state index >= 15 is 0 Å². The lowest BCUT2D eigenvalue weighted by Gasteiger charge is -2.03. The summed E-state index contributed by atoms with van der Waals surface area (Å²) in [6, 6.07) is 17.9. The van der Waals surface area contributed by atoms with Crippen molar-refractivity contribution >= 4 is 29.8 Å². The molecular formula is C19H19BClF4NO. The molecular weight excluding hydrogens is 380 g/mol. The Morgan fingerprint density at radius 1 is 1.00 bits per heavy atom. The first-order valence-electron chi connectivity index (χ1n) is 8.36. The van der Waals surface area contributed by atoms with Crippen molar-refractivity contribution in [3.8, 4) is 11.3 Å². The van der Waals surface area contributed by atoms with Gasteiger partial charge < -0.3 is 21.7 Å². The Bertz CT molecular complexity index is 946. The highest BCUT2D eigenvalue weighted by Gasteiger charge is 2.20. The van der Waals surface area contributed by atoms with Crippen LogP contribution in [0.1, 0.15) is 13.8 Å². The molecule has 2 aromatic carbocycles. The van der Waals surface area contributed by atoms with Gasteiger partial charge in [0.1, 0.15) is 17.9 Å². The molecule has 0 aliphatic rings. The third-order valence-electron chi connectivity index (χ3n) is 3.50. The van der Waals surface area contributed by atoms with Crippen molar-refractivity contribution in [3.05, 3.63) is 65.0 Å². The zero-order valence-corrected chi connectivity index (χ0v) is 15.6. The van der Waals surface area contributed by atoms with Crippen LogP contribution in [-0.4, -0.2) is 13.8 Å². The summed E-state index contributed by atoms with van der Waals surface area (Å²) in [5, 5.41) is 2.92. The maximum Gasteiger partial charge on any atom is 0.673 e. The molecule has 1 N–H and O–H groups in total. The van der Waals surface area contributed by atoms with E-state index < -0.39 is 7.25 Å². The van der Waals surface area contributed by atoms with Crippen LogP contribution in [0.25, 0.3) is 22.3 Å². The Morgan fingerprint density at radius 3 is 2.19 bits per heavy atom. The normalized spacial score (nSPS) is 12.2. The van der Waals surface area contributed by atoms with E-state index in [0.29, 0.717) is 5.92 Å². The van der Waals surface area contributed by atoms with Gasteiger partial charge in [-0.15, -0.1) is 0 Å². The van der Waals surface area contributed by atoms with Crippen LogP contribution in [0, 0.1) is 5.92 Å². The quantitative estimate of drug-likeness (QED) is 0.502. The van der Waals surface area contributed by atoms with Crippen LogP contribution in [0.4, 0.5) is 17.3 Å². The molecule has 0 aliphatic heterocycles. The predicted molar refractivity (Wildman–Crippen MR) is 101 cm³/mol. The fraction of sp³-hybridized carbons (Fsp3) is 0.211. The number of fused-ring (bicyclic) bond motifs is 1. The van der Waals surface area contributed by atoms with Crippen molar-refractivity contribution < 1.29 is 26.7 Å². The molecule has 3 rings (SSSR count). The maximum atomic E-state index is 9.75. The number of nitrogens with one attached hydrogen (secondary N) is 1. The first-order valence-corrected chi connectivity index (χ1v) is 8.74. The molecule has 0 atom stereocenters. The second kappa shape index (κ2) is 9.08. The van der Waals surface area contributed by atoms with Crippen LogP contribution in [0.5, 0.6) is 0 Å². The molecule has 0 amide bonds. The molecule has 0 fully saturated rings. The van der Waals surface area contributed by atoms with E-state index in [2.05, 4.69) is 31.0 Å². The molecule has 3 aromatic rings. The summed E-state index contributed by atoms with van der Waals surface area (Å²) < 4.78 is 45.1. The van der Waals surface area contributed by atoms with Crippen LogP contribution in [0.2, 0.25) is 5.02 Å². The van der Waals surface area contributed by atoms with Gasteiger partial charge >= 0.3 is 7.25 Å². The molecule has 0 radical (unpaired) electrons. The zero-order chi connectivity index (χ0) is 20.0. The molecule has 1 heterocycles. The Labute approximate surface area is 159 Å². The van der Waals surface area contributed by atoms with Gasteiger partial charge in [-0.25, -0.2) is 4.99 Å². The van der Waals surface area contributed by atoms with E-state index in [0.717, 1.165) is 39.2 Å². The maximum absolute atomic E-state index is 9.75. The summed E-state index contributed by atoms with van der Waals surface area (Å²) in [5.41, 5.74) is 1.89. The highest BCUT2D eigenvalue weighted by molar-refractivity contribution is 6.50. The number of halogens is 5. The van der Waals surface area contributed by atoms with Crippen LogP contribution in [0.15, 0.2) is 59.0 Å². The third-order valence-corrected chi connectivity index (χ3v) is 3.75. The summed E-state index contributed by atoms with van der Waals surface area (Å²) in [7, 11) is -6.00. The molecule has 8 heteroatoms. The van der Waals surface area contributed by atoms with Crippen molar-refractivity contribution in [2.45, 2.75) is 13.8 Å². The Kier molecular flexibility index (Phi) is 7.08. The minimum atomic E-state index is -6.00. The number of hydrogen-bond acceptors (Lipinski definition) is 1. The average Bonchev–Trinajstić information content (AvgIpc) is 2.58. The topological polar surface area (TPSA) is 27.1 Å². The molecule has 0 spiro atoms. The van der Waals surface area contributed by atoms with Gasteiger partial charge in [-0.1, -0.05) is 37.6 Å². The summed E-state index contributed by atoms with van der Waals surface area (Å²) in [4.78, 5) is 3.52. The molecule has 0 saturated heterocycles. The molecule has 0 unspecified atom stereocenters. The number of rotatable bonds is 3. The standard InChI is InChI=1S/C19H18ClNO.BF4/c1-13(2)12-21-17-11-19(14-7-9-15(20)10-8-14)22-18-6-4-3-5-16(17)18;2-1(3,4)5/h3-11,13H,12H2,1-2H3;/q;-1/p+1. The van der Waals surface area contributed by atoms with Gasteiger partial charge in [0.05, 0.1) is 11.5 Å². The smallest absolute Gasteiger partial charge is 0.456 e. The second-order valence-electron chi connectivity index (χ2n) is 6.30. The highest BCUT2D eigenvalue weighted by atomic mass is 35.5. The van der Waals surface area contributed by atoms with Gasteiger partial charge in [-0.2, -0.15) is 0 Å². The molecule has 2 nitrogen and oxygen atoms in total. The summed E-state index contributed by atoms with van der Waals surface area (Å²) in [6.45, 7) is 5.32. The van der Waals surface area contributed by atoms with Gasteiger partial charge in [0, 0.05) is 16.5 Å². The zero-order valence-electron chi connectivity index (χ0n) is 14.9. The van der Waals surface area contributed by atoms with Crippen molar-refractivity contribution in [2.75, 3.05) is 6.54 Å². The minimum absolute atomic E-state index is 0.579. The lowest BCUT2D eigenvalue weighted by atomic mass is 10.1. The largest absolute Gasteiger partial charge is 0.673 e. The van der Waals surface area contributed by atoms with Crippen molar-refractivity contribution in [3.63, 3.8) is 0 Å². The summed E-state index contributed by atoms with van der Waals surface area (Å²) >= 11 is 5.97. The highest BCUT2D eigenvalue weighted by Crippen LogP contribution is 2.23. The summed E-state index contributed by atoms with van der Waals surface area (Å²) in [5.74, 6) is 1.41. The molecule has 0 saturated carbocycles. The van der Waals surface area contributed by atoms with E-state index in [9.17, 15) is 17.3 Å². The molecule has 0 bridgehead atoms. The van der Waals surface area contributed by atoms with E-state index in [1.807, 2.05) is 42.5 Å². The van der Waals surface area contributed by atoms with Gasteiger partial charge in [-0.05, 0) is 36.4 Å². The second-order valence-corrected chi connectivity index (χ2v) is 6.73. The third kappa shape index (κ3) is 7.10. The Hall–Kier alpha value is -2.28. The molecule has 0 aliphatic carbocycles. The molecule has 1 aromatic heterocycles. The fourth-order valence-corrected chi connectivity index (χ4v) is 2.48. The van der Waals surface area contributed by atoms with Gasteiger partial charge in [0.15, 0.2) is 0 Å². The van der Waals surface area contributed by atoms with Crippen molar-refractivity contribution in [2.24, 2.45) is 5.92 Å². The van der Waals surface area contributed by atoms with Gasteiger partial charge in [-0.3, -0.25) is 0 Å². The minimum Gasteiger partial charge on any atom is -0.456 e. The summed E-state index contributed by atoms with van der Waals surface area (Å²) in [6.07, 6.45) is 0. The Balaban J connectivity index is 0.000000465. The number of hydrogen-bond donors (Lipinski definition) is 1. The predicted octanol–water partition coefficient (Wildman–Crippen LogP) is 4.69. The Morgan fingerprint density at radius 2 is 1.59 bits per heavy atom. The first kappa shape index (κ1) is 21.0. The van der Waals surface area contributed by atoms with E-state index in [1.54, 1.807) is 0 Å². The first-order chi connectivity index (χ1) is 12.6. The molecule has 144 valence electrons. The van der Waals surface area contributed by atoms with Crippen molar-refractivity contribution in [1.29, 1.82) is 0 Å². The van der Waals surface area contributed by atoms with Crippen LogP contribution in [0.3, 0.4) is 0 Å². The SMILES string of the molecule is CC(C)C[NH+]=c1cc(-c2ccc(Cl)cc2)oc2ccccc12.F[B-](F)(F)F. The van der Waals surface area contributed by atoms with Gasteiger partial charge in [0.25, 0.3) is 0 Å². The lowest BCUT2D eigenvalue weighted by Crippen LogP contribution is -2.77. The monoisotopic (exact) mass is 399 g/mol. The van der Waals surface area contributed by atoms with Crippen LogP contribution < -0.4 is 10.3 Å². The fourth-order valence-electron chi connectivity index (χ4n) is 2.35. The lowest BCUT2D eigenvalue weighted by molar-refractivity contribution is -0.505. The average molecular weight is 400 g/mol. The number of para-hydroxylation sites is 1.